The van der Waals surface area contributed by atoms with Crippen molar-refractivity contribution in [1.82, 2.24) is 0 Å². The number of carbonyl (C=O) groups is 1. The Morgan fingerprint density at radius 3 is 2.20 bits per heavy atom. The summed E-state index contributed by atoms with van der Waals surface area (Å²) >= 11 is 0. The maximum atomic E-state index is 13.0. The third-order valence-electron chi connectivity index (χ3n) is 4.91. The lowest BCUT2D eigenvalue weighted by Crippen LogP contribution is -2.45. The second-order valence-electron chi connectivity index (χ2n) is 7.08. The fourth-order valence-electron chi connectivity index (χ4n) is 3.71. The van der Waals surface area contributed by atoms with E-state index in [4.69, 9.17) is 9.47 Å². The molecule has 1 fully saturated rings. The van der Waals surface area contributed by atoms with Gasteiger partial charge in [0.05, 0.1) is 6.61 Å². The van der Waals surface area contributed by atoms with Crippen LogP contribution in [0.2, 0.25) is 0 Å². The number of ether oxygens (including phenoxy) is 2. The van der Waals surface area contributed by atoms with E-state index in [-0.39, 0.29) is 5.91 Å². The first-order valence-corrected chi connectivity index (χ1v) is 9.72. The molecule has 140 valence electrons. The number of hydrogen-bond acceptors (Lipinski definition) is 3. The maximum Gasteiger partial charge on any atom is 0.256 e. The average molecular weight is 347 g/mol. The minimum atomic E-state index is -0.676. The van der Waals surface area contributed by atoms with E-state index in [2.05, 4.69) is 12.2 Å². The molecule has 0 bridgehead atoms. The van der Waals surface area contributed by atoms with Crippen molar-refractivity contribution in [2.24, 2.45) is 0 Å². The molecule has 2 rings (SSSR count). The van der Waals surface area contributed by atoms with Crippen molar-refractivity contribution in [3.63, 3.8) is 0 Å². The van der Waals surface area contributed by atoms with E-state index < -0.39 is 5.60 Å². The van der Waals surface area contributed by atoms with Crippen LogP contribution < -0.4 is 10.1 Å². The molecule has 0 unspecified atom stereocenters. The summed E-state index contributed by atoms with van der Waals surface area (Å²) in [6.07, 6.45) is 7.07. The van der Waals surface area contributed by atoms with E-state index in [1.54, 1.807) is 0 Å². The molecule has 1 N–H and O–H groups in total. The number of hydrogen-bond donors (Lipinski definition) is 1. The van der Waals surface area contributed by atoms with Crippen LogP contribution >= 0.6 is 0 Å². The summed E-state index contributed by atoms with van der Waals surface area (Å²) in [4.78, 5) is 13.0. The van der Waals surface area contributed by atoms with Gasteiger partial charge in [0.2, 0.25) is 0 Å². The van der Waals surface area contributed by atoms with Gasteiger partial charge in [-0.3, -0.25) is 4.79 Å². The van der Waals surface area contributed by atoms with Crippen LogP contribution in [-0.2, 0) is 9.53 Å². The zero-order chi connectivity index (χ0) is 18.3. The SMILES string of the molecule is CCCOc1c(C)cc(NC(=O)C2(OCC)CCCCCC2)cc1C. The molecule has 0 atom stereocenters. The van der Waals surface area contributed by atoms with Gasteiger partial charge in [-0.2, -0.15) is 0 Å². The molecular weight excluding hydrogens is 314 g/mol. The highest BCUT2D eigenvalue weighted by molar-refractivity contribution is 5.97. The highest BCUT2D eigenvalue weighted by Gasteiger charge is 2.39. The predicted molar refractivity (Wildman–Crippen MR) is 102 cm³/mol. The largest absolute Gasteiger partial charge is 0.493 e. The van der Waals surface area contributed by atoms with Crippen molar-refractivity contribution in [3.8, 4) is 5.75 Å². The van der Waals surface area contributed by atoms with Gasteiger partial charge in [0.15, 0.2) is 0 Å². The zero-order valence-electron chi connectivity index (χ0n) is 16.2. The Hall–Kier alpha value is -1.55. The van der Waals surface area contributed by atoms with Crippen molar-refractivity contribution in [2.75, 3.05) is 18.5 Å². The quantitative estimate of drug-likeness (QED) is 0.693. The monoisotopic (exact) mass is 347 g/mol. The lowest BCUT2D eigenvalue weighted by molar-refractivity contribution is -0.143. The molecule has 1 aliphatic rings. The van der Waals surface area contributed by atoms with Crippen molar-refractivity contribution in [3.05, 3.63) is 23.3 Å². The molecule has 0 heterocycles. The van der Waals surface area contributed by atoms with Crippen LogP contribution in [0.4, 0.5) is 5.69 Å². The van der Waals surface area contributed by atoms with Gasteiger partial charge in [-0.25, -0.2) is 0 Å². The summed E-state index contributed by atoms with van der Waals surface area (Å²) in [5.41, 5.74) is 2.25. The van der Waals surface area contributed by atoms with Crippen molar-refractivity contribution < 1.29 is 14.3 Å². The minimum Gasteiger partial charge on any atom is -0.493 e. The van der Waals surface area contributed by atoms with Crippen LogP contribution in [0.1, 0.15) is 69.9 Å². The Balaban J connectivity index is 2.17. The van der Waals surface area contributed by atoms with Crippen molar-refractivity contribution in [2.45, 2.75) is 78.2 Å². The second-order valence-corrected chi connectivity index (χ2v) is 7.08. The molecule has 0 radical (unpaired) electrons. The van der Waals surface area contributed by atoms with E-state index in [1.807, 2.05) is 32.9 Å². The Labute approximate surface area is 152 Å². The number of benzene rings is 1. The first-order chi connectivity index (χ1) is 12.0. The third kappa shape index (κ3) is 4.97. The molecule has 1 aromatic rings. The molecular formula is C21H33NO3. The summed E-state index contributed by atoms with van der Waals surface area (Å²) in [5, 5.41) is 3.11. The maximum absolute atomic E-state index is 13.0. The van der Waals surface area contributed by atoms with Gasteiger partial charge in [-0.05, 0) is 63.3 Å². The highest BCUT2D eigenvalue weighted by atomic mass is 16.5. The normalized spacial score (nSPS) is 17.0. The lowest BCUT2D eigenvalue weighted by atomic mass is 9.92. The standard InChI is InChI=1S/C21H33NO3/c1-5-13-24-19-16(3)14-18(15-17(19)4)22-20(23)21(25-6-2)11-9-7-8-10-12-21/h14-15H,5-13H2,1-4H3,(H,22,23). The topological polar surface area (TPSA) is 47.6 Å². The van der Waals surface area contributed by atoms with Gasteiger partial charge in [0.25, 0.3) is 5.91 Å². The van der Waals surface area contributed by atoms with E-state index >= 15 is 0 Å². The molecule has 4 nitrogen and oxygen atoms in total. The van der Waals surface area contributed by atoms with E-state index in [0.717, 1.165) is 54.7 Å². The van der Waals surface area contributed by atoms with Gasteiger partial charge in [-0.15, -0.1) is 0 Å². The number of carbonyl (C=O) groups excluding carboxylic acids is 1. The van der Waals surface area contributed by atoms with Crippen LogP contribution in [0.5, 0.6) is 5.75 Å². The number of rotatable bonds is 7. The highest BCUT2D eigenvalue weighted by Crippen LogP contribution is 2.33. The zero-order valence-corrected chi connectivity index (χ0v) is 16.2. The van der Waals surface area contributed by atoms with Crippen LogP contribution in [0, 0.1) is 13.8 Å². The molecule has 1 aromatic carbocycles. The van der Waals surface area contributed by atoms with E-state index in [1.165, 1.54) is 12.8 Å². The molecule has 0 spiro atoms. The number of anilines is 1. The molecule has 0 aromatic heterocycles. The predicted octanol–water partition coefficient (Wildman–Crippen LogP) is 5.16. The molecule has 25 heavy (non-hydrogen) atoms. The van der Waals surface area contributed by atoms with Gasteiger partial charge >= 0.3 is 0 Å². The van der Waals surface area contributed by atoms with E-state index in [0.29, 0.717) is 13.2 Å². The molecule has 1 amide bonds. The summed E-state index contributed by atoms with van der Waals surface area (Å²) < 4.78 is 11.8. The molecule has 1 aliphatic carbocycles. The minimum absolute atomic E-state index is 0.00252. The first-order valence-electron chi connectivity index (χ1n) is 9.72. The Morgan fingerprint density at radius 2 is 1.68 bits per heavy atom. The Bertz CT molecular complexity index is 551. The van der Waals surface area contributed by atoms with Gasteiger partial charge < -0.3 is 14.8 Å². The number of nitrogens with one attached hydrogen (secondary N) is 1. The molecule has 0 saturated heterocycles. The summed E-state index contributed by atoms with van der Waals surface area (Å²) in [5.74, 6) is 0.922. The average Bonchev–Trinajstić information content (AvgIpc) is 2.81. The smallest absolute Gasteiger partial charge is 0.256 e. The van der Waals surface area contributed by atoms with Gasteiger partial charge in [-0.1, -0.05) is 32.6 Å². The summed E-state index contributed by atoms with van der Waals surface area (Å²) in [6.45, 7) is 9.39. The first kappa shape index (κ1) is 19.8. The number of amides is 1. The van der Waals surface area contributed by atoms with Gasteiger partial charge in [0, 0.05) is 12.3 Å². The van der Waals surface area contributed by atoms with E-state index in [9.17, 15) is 4.79 Å². The molecule has 4 heteroatoms. The second kappa shape index (κ2) is 9.23. The fourth-order valence-corrected chi connectivity index (χ4v) is 3.71. The van der Waals surface area contributed by atoms with Crippen LogP contribution in [0.3, 0.4) is 0 Å². The van der Waals surface area contributed by atoms with Crippen LogP contribution in [0.25, 0.3) is 0 Å². The lowest BCUT2D eigenvalue weighted by Gasteiger charge is -2.31. The van der Waals surface area contributed by atoms with Crippen molar-refractivity contribution in [1.29, 1.82) is 0 Å². The summed E-state index contributed by atoms with van der Waals surface area (Å²) in [6, 6.07) is 3.98. The fraction of sp³-hybridized carbons (Fsp3) is 0.667. The van der Waals surface area contributed by atoms with Crippen molar-refractivity contribution >= 4 is 11.6 Å². The summed E-state index contributed by atoms with van der Waals surface area (Å²) in [7, 11) is 0. The Morgan fingerprint density at radius 1 is 1.08 bits per heavy atom. The van der Waals surface area contributed by atoms with Crippen LogP contribution in [0.15, 0.2) is 12.1 Å². The third-order valence-corrected chi connectivity index (χ3v) is 4.91. The molecule has 0 aliphatic heterocycles. The van der Waals surface area contributed by atoms with Crippen LogP contribution in [-0.4, -0.2) is 24.7 Å². The van der Waals surface area contributed by atoms with Gasteiger partial charge in [0.1, 0.15) is 11.4 Å². The number of aryl methyl sites for hydroxylation is 2. The Kier molecular flexibility index (Phi) is 7.30. The molecule has 1 saturated carbocycles.